The molecule has 2 aromatic carbocycles. The first-order valence-electron chi connectivity index (χ1n) is 11.2. The van der Waals surface area contributed by atoms with Crippen LogP contribution in [0.2, 0.25) is 0 Å². The number of aromatic nitrogens is 2. The zero-order chi connectivity index (χ0) is 22.6. The van der Waals surface area contributed by atoms with Gasteiger partial charge in [-0.2, -0.15) is 0 Å². The van der Waals surface area contributed by atoms with Gasteiger partial charge in [-0.15, -0.1) is 0 Å². The largest absolute Gasteiger partial charge is 0.378 e. The van der Waals surface area contributed by atoms with Gasteiger partial charge in [0.15, 0.2) is 5.82 Å². The quantitative estimate of drug-likeness (QED) is 0.613. The fraction of sp³-hybridized carbons (Fsp3) is 0.320. The molecule has 0 atom stereocenters. The van der Waals surface area contributed by atoms with Crippen molar-refractivity contribution in [3.8, 4) is 11.4 Å². The lowest BCUT2D eigenvalue weighted by Gasteiger charge is -2.37. The Morgan fingerprint density at radius 3 is 2.24 bits per heavy atom. The first-order valence-corrected chi connectivity index (χ1v) is 11.2. The molecule has 0 spiro atoms. The maximum Gasteiger partial charge on any atom is 0.259 e. The SMILES string of the molecule is O=C(c1cnc(-c2ccccc2)nc1N1CCN(c2ccccc2F)CC1)N1CCOCC1. The first-order chi connectivity index (χ1) is 16.2. The Morgan fingerprint density at radius 2 is 1.52 bits per heavy atom. The third-order valence-corrected chi connectivity index (χ3v) is 6.10. The molecule has 3 heterocycles. The van der Waals surface area contributed by atoms with Crippen LogP contribution in [0.25, 0.3) is 11.4 Å². The van der Waals surface area contributed by atoms with Gasteiger partial charge in [0.1, 0.15) is 17.2 Å². The van der Waals surface area contributed by atoms with Crippen LogP contribution in [0.1, 0.15) is 10.4 Å². The van der Waals surface area contributed by atoms with Crippen LogP contribution in [0.4, 0.5) is 15.9 Å². The summed E-state index contributed by atoms with van der Waals surface area (Å²) in [7, 11) is 0. The van der Waals surface area contributed by atoms with E-state index in [0.29, 0.717) is 75.4 Å². The Balaban J connectivity index is 1.44. The summed E-state index contributed by atoms with van der Waals surface area (Å²) < 4.78 is 19.7. The number of halogens is 1. The predicted molar refractivity (Wildman–Crippen MR) is 125 cm³/mol. The van der Waals surface area contributed by atoms with Crippen molar-refractivity contribution in [3.05, 3.63) is 72.2 Å². The van der Waals surface area contributed by atoms with Crippen molar-refractivity contribution in [3.63, 3.8) is 0 Å². The number of hydrogen-bond donors (Lipinski definition) is 0. The van der Waals surface area contributed by atoms with Crippen molar-refractivity contribution in [2.24, 2.45) is 0 Å². The highest BCUT2D eigenvalue weighted by atomic mass is 19.1. The monoisotopic (exact) mass is 447 g/mol. The van der Waals surface area contributed by atoms with Crippen molar-refractivity contribution < 1.29 is 13.9 Å². The molecule has 33 heavy (non-hydrogen) atoms. The Labute approximate surface area is 192 Å². The zero-order valence-electron chi connectivity index (χ0n) is 18.4. The number of nitrogens with zero attached hydrogens (tertiary/aromatic N) is 5. The van der Waals surface area contributed by atoms with Crippen LogP contribution in [0.5, 0.6) is 0 Å². The van der Waals surface area contributed by atoms with Gasteiger partial charge in [0.05, 0.1) is 18.9 Å². The van der Waals surface area contributed by atoms with E-state index in [2.05, 4.69) is 9.88 Å². The van der Waals surface area contributed by atoms with E-state index in [9.17, 15) is 9.18 Å². The average molecular weight is 448 g/mol. The molecule has 2 aliphatic heterocycles. The van der Waals surface area contributed by atoms with Crippen LogP contribution in [0.3, 0.4) is 0 Å². The summed E-state index contributed by atoms with van der Waals surface area (Å²) in [5.74, 6) is 0.918. The average Bonchev–Trinajstić information content (AvgIpc) is 2.89. The highest BCUT2D eigenvalue weighted by molar-refractivity contribution is 5.99. The summed E-state index contributed by atoms with van der Waals surface area (Å²) in [5.41, 5.74) is 2.00. The summed E-state index contributed by atoms with van der Waals surface area (Å²) in [5, 5.41) is 0. The second-order valence-corrected chi connectivity index (χ2v) is 8.13. The van der Waals surface area contributed by atoms with Crippen LogP contribution in [0.15, 0.2) is 60.8 Å². The minimum atomic E-state index is -0.220. The summed E-state index contributed by atoms with van der Waals surface area (Å²) in [6, 6.07) is 16.6. The van der Waals surface area contributed by atoms with Crippen molar-refractivity contribution in [2.45, 2.75) is 0 Å². The summed E-state index contributed by atoms with van der Waals surface area (Å²) in [6.45, 7) is 4.70. The van der Waals surface area contributed by atoms with Gasteiger partial charge in [0.2, 0.25) is 0 Å². The van der Waals surface area contributed by atoms with Crippen LogP contribution < -0.4 is 9.80 Å². The van der Waals surface area contributed by atoms with E-state index < -0.39 is 0 Å². The first kappa shape index (κ1) is 21.3. The molecular formula is C25H26FN5O2. The van der Waals surface area contributed by atoms with Gasteiger partial charge in [-0.1, -0.05) is 42.5 Å². The fourth-order valence-electron chi connectivity index (χ4n) is 4.30. The maximum atomic E-state index is 14.3. The molecule has 0 saturated carbocycles. The number of carbonyl (C=O) groups excluding carboxylic acids is 1. The molecule has 3 aromatic rings. The minimum Gasteiger partial charge on any atom is -0.378 e. The highest BCUT2D eigenvalue weighted by Gasteiger charge is 2.28. The Kier molecular flexibility index (Phi) is 6.17. The number of para-hydroxylation sites is 1. The van der Waals surface area contributed by atoms with E-state index in [-0.39, 0.29) is 11.7 Å². The fourth-order valence-corrected chi connectivity index (χ4v) is 4.30. The molecule has 0 unspecified atom stereocenters. The van der Waals surface area contributed by atoms with Crippen molar-refractivity contribution in [2.75, 3.05) is 62.3 Å². The zero-order valence-corrected chi connectivity index (χ0v) is 18.4. The van der Waals surface area contributed by atoms with E-state index in [4.69, 9.17) is 9.72 Å². The van der Waals surface area contributed by atoms with Crippen LogP contribution in [-0.4, -0.2) is 73.3 Å². The van der Waals surface area contributed by atoms with Gasteiger partial charge in [-0.3, -0.25) is 4.79 Å². The standard InChI is InChI=1S/C25H26FN5O2/c26-21-8-4-5-9-22(21)29-10-12-30(13-11-29)24-20(25(32)31-14-16-33-17-15-31)18-27-23(28-24)19-6-2-1-3-7-19/h1-9,18H,10-17H2. The molecule has 1 aromatic heterocycles. The molecule has 2 aliphatic rings. The molecule has 2 saturated heterocycles. The number of rotatable bonds is 4. The number of amides is 1. The molecule has 5 rings (SSSR count). The third-order valence-electron chi connectivity index (χ3n) is 6.10. The lowest BCUT2D eigenvalue weighted by molar-refractivity contribution is 0.0302. The van der Waals surface area contributed by atoms with Crippen molar-refractivity contribution in [1.29, 1.82) is 0 Å². The molecule has 170 valence electrons. The topological polar surface area (TPSA) is 61.8 Å². The van der Waals surface area contributed by atoms with E-state index in [0.717, 1.165) is 5.56 Å². The van der Waals surface area contributed by atoms with Gasteiger partial charge >= 0.3 is 0 Å². The molecule has 0 bridgehead atoms. The number of piperazine rings is 1. The van der Waals surface area contributed by atoms with E-state index in [1.165, 1.54) is 6.07 Å². The number of benzene rings is 2. The Morgan fingerprint density at radius 1 is 0.848 bits per heavy atom. The van der Waals surface area contributed by atoms with Gasteiger partial charge in [0.25, 0.3) is 5.91 Å². The van der Waals surface area contributed by atoms with Crippen LogP contribution in [0, 0.1) is 5.82 Å². The number of anilines is 2. The summed E-state index contributed by atoms with van der Waals surface area (Å²) in [4.78, 5) is 28.6. The molecule has 8 heteroatoms. The number of carbonyl (C=O) groups is 1. The second-order valence-electron chi connectivity index (χ2n) is 8.13. The summed E-state index contributed by atoms with van der Waals surface area (Å²) >= 11 is 0. The maximum absolute atomic E-state index is 14.3. The van der Waals surface area contributed by atoms with Crippen molar-refractivity contribution in [1.82, 2.24) is 14.9 Å². The lowest BCUT2D eigenvalue weighted by atomic mass is 10.1. The molecule has 2 fully saturated rings. The van der Waals surface area contributed by atoms with Crippen LogP contribution in [-0.2, 0) is 4.74 Å². The normalized spacial score (nSPS) is 16.7. The molecule has 0 N–H and O–H groups in total. The van der Waals surface area contributed by atoms with Crippen molar-refractivity contribution >= 4 is 17.4 Å². The Hall–Kier alpha value is -3.52. The number of ether oxygens (including phenoxy) is 1. The molecule has 0 aliphatic carbocycles. The van der Waals surface area contributed by atoms with E-state index in [1.54, 1.807) is 23.2 Å². The third kappa shape index (κ3) is 4.52. The van der Waals surface area contributed by atoms with E-state index >= 15 is 0 Å². The molecule has 1 amide bonds. The smallest absolute Gasteiger partial charge is 0.259 e. The second kappa shape index (κ2) is 9.54. The highest BCUT2D eigenvalue weighted by Crippen LogP contribution is 2.27. The number of morpholine rings is 1. The summed E-state index contributed by atoms with van der Waals surface area (Å²) in [6.07, 6.45) is 1.64. The molecule has 7 nitrogen and oxygen atoms in total. The minimum absolute atomic E-state index is 0.0792. The van der Waals surface area contributed by atoms with Gasteiger partial charge in [-0.05, 0) is 12.1 Å². The van der Waals surface area contributed by atoms with Gasteiger partial charge in [-0.25, -0.2) is 14.4 Å². The lowest BCUT2D eigenvalue weighted by Crippen LogP contribution is -2.48. The molecular weight excluding hydrogens is 421 g/mol. The van der Waals surface area contributed by atoms with E-state index in [1.807, 2.05) is 41.3 Å². The predicted octanol–water partition coefficient (Wildman–Crippen LogP) is 3.08. The van der Waals surface area contributed by atoms with Gasteiger partial charge in [0, 0.05) is 51.0 Å². The number of hydrogen-bond acceptors (Lipinski definition) is 6. The molecule has 0 radical (unpaired) electrons. The van der Waals surface area contributed by atoms with Gasteiger partial charge < -0.3 is 19.4 Å². The Bertz CT molecular complexity index is 1110. The van der Waals surface area contributed by atoms with Crippen LogP contribution >= 0.6 is 0 Å².